The molecule has 0 bridgehead atoms. The Hall–Kier alpha value is -3.87. The number of benzene rings is 1. The topological polar surface area (TPSA) is 174 Å². The molecule has 12 nitrogen and oxygen atoms in total. The summed E-state index contributed by atoms with van der Waals surface area (Å²) in [7, 11) is 0. The van der Waals surface area contributed by atoms with Crippen LogP contribution in [0.15, 0.2) is 36.7 Å². The number of β-lactam (4-membered cyclic amide) rings is 1. The fraction of sp³-hybridized carbons (Fsp3) is 0.440. The maximum absolute atomic E-state index is 13.4. The van der Waals surface area contributed by atoms with Crippen LogP contribution in [0.2, 0.25) is 0 Å². The molecule has 4 atom stereocenters. The van der Waals surface area contributed by atoms with Crippen LogP contribution in [0.1, 0.15) is 60.3 Å². The van der Waals surface area contributed by atoms with Crippen LogP contribution < -0.4 is 16.0 Å². The van der Waals surface area contributed by atoms with Gasteiger partial charge in [0, 0.05) is 11.3 Å². The van der Waals surface area contributed by atoms with E-state index in [1.54, 1.807) is 44.2 Å². The van der Waals surface area contributed by atoms with Crippen LogP contribution in [-0.4, -0.2) is 78.3 Å². The van der Waals surface area contributed by atoms with Crippen molar-refractivity contribution in [3.63, 3.8) is 0 Å². The summed E-state index contributed by atoms with van der Waals surface area (Å²) in [4.78, 5) is 71.7. The molecule has 2 aromatic rings. The van der Waals surface area contributed by atoms with Crippen LogP contribution in [0.5, 0.6) is 0 Å². The molecule has 2 aliphatic rings. The van der Waals surface area contributed by atoms with Crippen LogP contribution >= 0.6 is 11.8 Å². The van der Waals surface area contributed by atoms with Gasteiger partial charge in [-0.15, -0.1) is 11.8 Å². The van der Waals surface area contributed by atoms with Crippen molar-refractivity contribution in [2.24, 2.45) is 5.92 Å². The predicted octanol–water partition coefficient (Wildman–Crippen LogP) is 0.898. The van der Waals surface area contributed by atoms with Gasteiger partial charge in [0.1, 0.15) is 29.2 Å². The zero-order valence-corrected chi connectivity index (χ0v) is 22.2. The zero-order chi connectivity index (χ0) is 27.8. The molecule has 1 aromatic carbocycles. The Labute approximate surface area is 223 Å². The summed E-state index contributed by atoms with van der Waals surface area (Å²) in [6.07, 6.45) is 1.22. The summed E-state index contributed by atoms with van der Waals surface area (Å²) in [5, 5.41) is 17.1. The number of H-pyrrole nitrogens is 1. The minimum Gasteiger partial charge on any atom is -0.480 e. The molecule has 38 heavy (non-hydrogen) atoms. The number of aliphatic carboxylic acids is 1. The summed E-state index contributed by atoms with van der Waals surface area (Å²) in [6.45, 7) is 7.75. The van der Waals surface area contributed by atoms with E-state index in [0.29, 0.717) is 12.1 Å². The molecule has 4 amide bonds. The van der Waals surface area contributed by atoms with E-state index in [-0.39, 0.29) is 17.3 Å². The van der Waals surface area contributed by atoms with Crippen molar-refractivity contribution in [2.45, 2.75) is 55.9 Å². The number of aromatic nitrogens is 2. The van der Waals surface area contributed by atoms with E-state index in [1.165, 1.54) is 23.0 Å². The molecule has 2 fully saturated rings. The Morgan fingerprint density at radius 2 is 1.84 bits per heavy atom. The number of thioether (sulfide) groups is 1. The van der Waals surface area contributed by atoms with E-state index in [1.807, 2.05) is 13.8 Å². The first-order valence-corrected chi connectivity index (χ1v) is 13.0. The number of hydrogen-bond acceptors (Lipinski definition) is 7. The van der Waals surface area contributed by atoms with E-state index >= 15 is 0 Å². The average Bonchev–Trinajstić information content (AvgIpc) is 3.45. The highest BCUT2D eigenvalue weighted by Gasteiger charge is 2.64. The molecule has 0 spiro atoms. The van der Waals surface area contributed by atoms with Crippen molar-refractivity contribution in [2.75, 3.05) is 6.54 Å². The predicted molar refractivity (Wildman–Crippen MR) is 138 cm³/mol. The second-order valence-corrected chi connectivity index (χ2v) is 11.9. The molecule has 2 aliphatic heterocycles. The number of fused-ring (bicyclic) bond motifs is 1. The Bertz CT molecular complexity index is 1260. The summed E-state index contributed by atoms with van der Waals surface area (Å²) in [5.74, 6) is -3.32. The molecule has 0 radical (unpaired) electrons. The van der Waals surface area contributed by atoms with E-state index in [2.05, 4.69) is 25.9 Å². The van der Waals surface area contributed by atoms with Crippen molar-refractivity contribution < 1.29 is 29.1 Å². The number of amides is 4. The molecule has 3 heterocycles. The first-order valence-electron chi connectivity index (χ1n) is 12.1. The molecule has 4 unspecified atom stereocenters. The van der Waals surface area contributed by atoms with Crippen LogP contribution in [0.4, 0.5) is 0 Å². The van der Waals surface area contributed by atoms with E-state index < -0.39 is 57.8 Å². The SMILES string of the molecule is CC(C)CNC(=O)c1[nH]cnc1C(=O)NC(C(=O)NC1C(=O)N2C1SC(C)(C)C2C(=O)O)c1ccccc1. The summed E-state index contributed by atoms with van der Waals surface area (Å²) < 4.78 is -0.745. The van der Waals surface area contributed by atoms with Gasteiger partial charge < -0.3 is 30.9 Å². The minimum atomic E-state index is -1.21. The quantitative estimate of drug-likeness (QED) is 0.291. The highest BCUT2D eigenvalue weighted by Crippen LogP contribution is 2.50. The normalized spacial score (nSPS) is 22.3. The van der Waals surface area contributed by atoms with E-state index in [0.717, 1.165) is 0 Å². The Morgan fingerprint density at radius 1 is 1.16 bits per heavy atom. The molecule has 5 N–H and O–H groups in total. The van der Waals surface area contributed by atoms with E-state index in [4.69, 9.17) is 0 Å². The number of carboxylic acid groups (broad SMARTS) is 1. The van der Waals surface area contributed by atoms with Crippen molar-refractivity contribution in [3.05, 3.63) is 53.6 Å². The largest absolute Gasteiger partial charge is 0.480 e. The molecule has 1 aromatic heterocycles. The molecule has 2 saturated heterocycles. The van der Waals surface area contributed by atoms with Gasteiger partial charge >= 0.3 is 5.97 Å². The lowest BCUT2D eigenvalue weighted by molar-refractivity contribution is -0.161. The molecular formula is C25H30N6O6S. The third kappa shape index (κ3) is 5.10. The minimum absolute atomic E-state index is 0.0375. The number of carboxylic acids is 1. The first-order chi connectivity index (χ1) is 17.9. The first kappa shape index (κ1) is 27.2. The highest BCUT2D eigenvalue weighted by molar-refractivity contribution is 8.01. The van der Waals surface area contributed by atoms with Crippen LogP contribution in [0.3, 0.4) is 0 Å². The molecule has 13 heteroatoms. The molecule has 4 rings (SSSR count). The molecule has 0 saturated carbocycles. The number of rotatable bonds is 9. The van der Waals surface area contributed by atoms with Crippen LogP contribution in [-0.2, 0) is 14.4 Å². The smallest absolute Gasteiger partial charge is 0.327 e. The summed E-state index contributed by atoms with van der Waals surface area (Å²) in [5.41, 5.74) is 0.235. The van der Waals surface area contributed by atoms with Gasteiger partial charge in [-0.3, -0.25) is 19.2 Å². The monoisotopic (exact) mass is 542 g/mol. The molecular weight excluding hydrogens is 512 g/mol. The second-order valence-electron chi connectivity index (χ2n) is 10.1. The molecule has 202 valence electrons. The fourth-order valence-electron chi connectivity index (χ4n) is 4.55. The Morgan fingerprint density at radius 3 is 2.47 bits per heavy atom. The van der Waals surface area contributed by atoms with Crippen LogP contribution in [0.25, 0.3) is 0 Å². The Kier molecular flexibility index (Phi) is 7.49. The van der Waals surface area contributed by atoms with Crippen LogP contribution in [0, 0.1) is 5.92 Å². The van der Waals surface area contributed by atoms with Gasteiger partial charge in [0.2, 0.25) is 11.8 Å². The maximum Gasteiger partial charge on any atom is 0.327 e. The second kappa shape index (κ2) is 10.5. The van der Waals surface area contributed by atoms with Crippen molar-refractivity contribution in [1.29, 1.82) is 0 Å². The fourth-order valence-corrected chi connectivity index (χ4v) is 6.18. The lowest BCUT2D eigenvalue weighted by Gasteiger charge is -2.44. The van der Waals surface area contributed by atoms with Crippen molar-refractivity contribution >= 4 is 41.4 Å². The standard InChI is InChI=1S/C25H30N6O6S/c1-12(2)10-26-19(32)15-16(28-11-27-15)21(34)29-14(13-8-6-5-7-9-13)20(33)30-17-22(35)31-18(24(36)37)25(3,4)38-23(17)31/h5-9,11-12,14,17-18,23H,10H2,1-4H3,(H,26,32)(H,27,28)(H,29,34)(H,30,33)(H,36,37). The maximum atomic E-state index is 13.4. The lowest BCUT2D eigenvalue weighted by Crippen LogP contribution is -2.71. The Balaban J connectivity index is 1.52. The van der Waals surface area contributed by atoms with Gasteiger partial charge in [-0.1, -0.05) is 44.2 Å². The number of nitrogens with one attached hydrogen (secondary N) is 4. The van der Waals surface area contributed by atoms with Gasteiger partial charge in [0.15, 0.2) is 5.69 Å². The number of hydrogen-bond donors (Lipinski definition) is 5. The van der Waals surface area contributed by atoms with Gasteiger partial charge in [0.25, 0.3) is 11.8 Å². The summed E-state index contributed by atoms with van der Waals surface area (Å²) >= 11 is 1.30. The van der Waals surface area contributed by atoms with Gasteiger partial charge in [-0.05, 0) is 25.3 Å². The van der Waals surface area contributed by atoms with Gasteiger partial charge in [-0.2, -0.15) is 0 Å². The third-order valence-electron chi connectivity index (χ3n) is 6.40. The van der Waals surface area contributed by atoms with E-state index in [9.17, 15) is 29.1 Å². The van der Waals surface area contributed by atoms with Crippen molar-refractivity contribution in [3.8, 4) is 0 Å². The number of nitrogens with zero attached hydrogens (tertiary/aromatic N) is 2. The number of imidazole rings is 1. The number of carbonyl (C=O) groups excluding carboxylic acids is 4. The lowest BCUT2D eigenvalue weighted by atomic mass is 9.95. The number of carbonyl (C=O) groups is 5. The molecule has 0 aliphatic carbocycles. The third-order valence-corrected chi connectivity index (χ3v) is 7.97. The average molecular weight is 543 g/mol. The number of aromatic amines is 1. The zero-order valence-electron chi connectivity index (χ0n) is 21.3. The van der Waals surface area contributed by atoms with Crippen molar-refractivity contribution in [1.82, 2.24) is 30.8 Å². The summed E-state index contributed by atoms with van der Waals surface area (Å²) in [6, 6.07) is 5.28. The van der Waals surface area contributed by atoms with Gasteiger partial charge in [0.05, 0.1) is 6.33 Å². The highest BCUT2D eigenvalue weighted by atomic mass is 32.2. The van der Waals surface area contributed by atoms with Gasteiger partial charge in [-0.25, -0.2) is 9.78 Å².